The Bertz CT molecular complexity index is 1460. The summed E-state index contributed by atoms with van der Waals surface area (Å²) in [6, 6.07) is 0. The van der Waals surface area contributed by atoms with Gasteiger partial charge in [0, 0.05) is 19.3 Å². The molecule has 0 spiro atoms. The van der Waals surface area contributed by atoms with Gasteiger partial charge in [-0.3, -0.25) is 23.4 Å². The highest BCUT2D eigenvalue weighted by Crippen LogP contribution is 2.43. The minimum absolute atomic E-state index is 0.101. The van der Waals surface area contributed by atoms with Gasteiger partial charge in [0.25, 0.3) is 0 Å². The second kappa shape index (κ2) is 50.1. The Hall–Kier alpha value is -3.34. The molecule has 0 aromatic rings. The smallest absolute Gasteiger partial charge is 0.462 e. The zero-order valence-electron chi connectivity index (χ0n) is 42.8. The van der Waals surface area contributed by atoms with Gasteiger partial charge in [0.2, 0.25) is 0 Å². The summed E-state index contributed by atoms with van der Waals surface area (Å²) in [5, 5.41) is 9.77. The van der Waals surface area contributed by atoms with Crippen LogP contribution in [-0.4, -0.2) is 66.5 Å². The van der Waals surface area contributed by atoms with Gasteiger partial charge in [-0.05, 0) is 77.0 Å². The Morgan fingerprint density at radius 1 is 0.426 bits per heavy atom. The van der Waals surface area contributed by atoms with Crippen molar-refractivity contribution in [3.8, 4) is 0 Å². The Labute approximate surface area is 413 Å². The lowest BCUT2D eigenvalue weighted by Crippen LogP contribution is -2.30. The van der Waals surface area contributed by atoms with E-state index >= 15 is 0 Å². The third kappa shape index (κ3) is 47.7. The maximum Gasteiger partial charge on any atom is 0.472 e. The number of unbranched alkanes of at least 4 members (excludes halogenated alkanes) is 17. The average Bonchev–Trinajstić information content (AvgIpc) is 3.32. The zero-order chi connectivity index (χ0) is 49.9. The van der Waals surface area contributed by atoms with Crippen molar-refractivity contribution in [1.29, 1.82) is 0 Å². The minimum Gasteiger partial charge on any atom is -0.462 e. The lowest BCUT2D eigenvalue weighted by atomic mass is 10.1. The van der Waals surface area contributed by atoms with Gasteiger partial charge in [0.15, 0.2) is 6.10 Å². The second-order valence-corrected chi connectivity index (χ2v) is 18.7. The molecule has 0 amide bonds. The highest BCUT2D eigenvalue weighted by molar-refractivity contribution is 7.47. The molecule has 0 saturated heterocycles. The van der Waals surface area contributed by atoms with Crippen LogP contribution in [0.1, 0.15) is 213 Å². The van der Waals surface area contributed by atoms with Crippen molar-refractivity contribution < 1.29 is 52.2 Å². The Kier molecular flexibility index (Phi) is 47.6. The molecule has 0 saturated carbocycles. The Balaban J connectivity index is 4.83. The van der Waals surface area contributed by atoms with Crippen LogP contribution in [-0.2, 0) is 42.2 Å². The summed E-state index contributed by atoms with van der Waals surface area (Å²) < 4.78 is 39.3. The fourth-order valence-corrected chi connectivity index (χ4v) is 7.64. The standard InChI is InChI=1S/C56H95O11P/c1-4-7-10-13-16-19-22-24-25-26-27-29-32-35-38-41-44-47-56(60)67-53(49-63-54(58)45-42-39-36-33-31-28-23-20-17-14-11-8-5-2)51-65-68(61,62)64-50-52(48-57)66-55(59)46-43-40-37-34-30-21-18-15-12-9-6-3/h7-8,10-11,16-17,19-20,24-25,28,31,36,39,52-53,57H,4-6,9,12-15,18,21-23,26-27,29-30,32-35,37-38,40-51H2,1-3H3,(H,61,62)/b10-7-,11-8-,19-16-,20-17-,25-24-,31-28-,39-36-. The highest BCUT2D eigenvalue weighted by atomic mass is 31.2. The number of phosphoric ester groups is 1. The topological polar surface area (TPSA) is 155 Å². The predicted octanol–water partition coefficient (Wildman–Crippen LogP) is 15.1. The number of carbonyl (C=O) groups excluding carboxylic acids is 3. The highest BCUT2D eigenvalue weighted by Gasteiger charge is 2.28. The molecule has 0 aliphatic heterocycles. The van der Waals surface area contributed by atoms with Gasteiger partial charge in [0.1, 0.15) is 12.7 Å². The first-order chi connectivity index (χ1) is 33.2. The molecule has 0 aliphatic carbocycles. The first kappa shape index (κ1) is 64.7. The molecule has 0 rings (SSSR count). The number of aliphatic hydroxyl groups is 1. The lowest BCUT2D eigenvalue weighted by molar-refractivity contribution is -0.161. The van der Waals surface area contributed by atoms with E-state index in [2.05, 4.69) is 93.7 Å². The van der Waals surface area contributed by atoms with Crippen molar-refractivity contribution in [2.45, 2.75) is 226 Å². The van der Waals surface area contributed by atoms with Gasteiger partial charge in [-0.2, -0.15) is 0 Å². The molecule has 390 valence electrons. The summed E-state index contributed by atoms with van der Waals surface area (Å²) in [5.41, 5.74) is 0. The molecular formula is C56H95O11P. The molecule has 12 heteroatoms. The molecule has 3 atom stereocenters. The quantitative estimate of drug-likeness (QED) is 0.0197. The van der Waals surface area contributed by atoms with Crippen molar-refractivity contribution in [2.75, 3.05) is 26.4 Å². The summed E-state index contributed by atoms with van der Waals surface area (Å²) in [6.45, 7) is 4.30. The van der Waals surface area contributed by atoms with E-state index in [0.29, 0.717) is 19.3 Å². The lowest BCUT2D eigenvalue weighted by Gasteiger charge is -2.21. The molecule has 0 bridgehead atoms. The summed E-state index contributed by atoms with van der Waals surface area (Å²) >= 11 is 0. The van der Waals surface area contributed by atoms with Gasteiger partial charge < -0.3 is 24.2 Å². The van der Waals surface area contributed by atoms with Crippen molar-refractivity contribution in [2.24, 2.45) is 0 Å². The molecule has 3 unspecified atom stereocenters. The third-order valence-corrected chi connectivity index (χ3v) is 11.8. The van der Waals surface area contributed by atoms with Crippen LogP contribution in [0.5, 0.6) is 0 Å². The number of esters is 3. The maximum atomic E-state index is 12.9. The van der Waals surface area contributed by atoms with E-state index in [1.165, 1.54) is 44.9 Å². The maximum absolute atomic E-state index is 12.9. The monoisotopic (exact) mass is 975 g/mol. The van der Waals surface area contributed by atoms with Crippen molar-refractivity contribution in [3.05, 3.63) is 85.1 Å². The van der Waals surface area contributed by atoms with Crippen LogP contribution in [0.3, 0.4) is 0 Å². The van der Waals surface area contributed by atoms with E-state index in [1.807, 2.05) is 12.2 Å². The first-order valence-corrected chi connectivity index (χ1v) is 28.0. The largest absolute Gasteiger partial charge is 0.472 e. The van der Waals surface area contributed by atoms with E-state index < -0.39 is 57.8 Å². The number of rotatable bonds is 48. The normalized spacial score (nSPS) is 14.1. The fraction of sp³-hybridized carbons (Fsp3) is 0.696. The summed E-state index contributed by atoms with van der Waals surface area (Å²) in [7, 11) is -4.76. The van der Waals surface area contributed by atoms with E-state index in [0.717, 1.165) is 109 Å². The molecule has 0 heterocycles. The summed E-state index contributed by atoms with van der Waals surface area (Å²) in [5.74, 6) is -1.58. The zero-order valence-corrected chi connectivity index (χ0v) is 43.7. The van der Waals surface area contributed by atoms with Crippen LogP contribution in [0.2, 0.25) is 0 Å². The molecule has 0 aliphatic rings. The van der Waals surface area contributed by atoms with Gasteiger partial charge in [0.05, 0.1) is 19.8 Å². The summed E-state index contributed by atoms with van der Waals surface area (Å²) in [4.78, 5) is 48.3. The van der Waals surface area contributed by atoms with Crippen LogP contribution in [0.15, 0.2) is 85.1 Å². The van der Waals surface area contributed by atoms with Gasteiger partial charge in [-0.1, -0.05) is 202 Å². The number of hydrogen-bond acceptors (Lipinski definition) is 10. The van der Waals surface area contributed by atoms with Gasteiger partial charge >= 0.3 is 25.7 Å². The van der Waals surface area contributed by atoms with E-state index in [4.69, 9.17) is 23.3 Å². The summed E-state index contributed by atoms with van der Waals surface area (Å²) in [6.07, 6.45) is 55.7. The van der Waals surface area contributed by atoms with Gasteiger partial charge in [-0.25, -0.2) is 4.57 Å². The van der Waals surface area contributed by atoms with Crippen LogP contribution in [0, 0.1) is 0 Å². The van der Waals surface area contributed by atoms with E-state index in [-0.39, 0.29) is 25.9 Å². The number of hydrogen-bond donors (Lipinski definition) is 2. The van der Waals surface area contributed by atoms with Crippen LogP contribution < -0.4 is 0 Å². The first-order valence-electron chi connectivity index (χ1n) is 26.5. The van der Waals surface area contributed by atoms with Crippen LogP contribution in [0.25, 0.3) is 0 Å². The van der Waals surface area contributed by atoms with E-state index in [9.17, 15) is 28.9 Å². The van der Waals surface area contributed by atoms with Crippen molar-refractivity contribution >= 4 is 25.7 Å². The predicted molar refractivity (Wildman–Crippen MR) is 279 cm³/mol. The Morgan fingerprint density at radius 3 is 1.24 bits per heavy atom. The molecule has 0 fully saturated rings. The third-order valence-electron chi connectivity index (χ3n) is 10.8. The molecule has 11 nitrogen and oxygen atoms in total. The molecule has 0 radical (unpaired) electrons. The number of allylic oxidation sites excluding steroid dienone is 14. The molecule has 0 aromatic heterocycles. The van der Waals surface area contributed by atoms with Crippen LogP contribution in [0.4, 0.5) is 0 Å². The average molecular weight is 975 g/mol. The molecule has 0 aromatic carbocycles. The Morgan fingerprint density at radius 2 is 0.794 bits per heavy atom. The molecule has 68 heavy (non-hydrogen) atoms. The fourth-order valence-electron chi connectivity index (χ4n) is 6.85. The van der Waals surface area contributed by atoms with Gasteiger partial charge in [-0.15, -0.1) is 0 Å². The van der Waals surface area contributed by atoms with Crippen LogP contribution >= 0.6 is 7.82 Å². The SMILES string of the molecule is CC/C=C\C/C=C\C/C=C\C/C=C\CCC(=O)OCC(COP(=O)(O)OCC(CO)OC(=O)CCCCCCCCCCCCC)OC(=O)CCCCCCCCC/C=C\C/C=C\C/C=C\CC. The van der Waals surface area contributed by atoms with Crippen molar-refractivity contribution in [1.82, 2.24) is 0 Å². The number of ether oxygens (including phenoxy) is 3. The number of carbonyl (C=O) groups is 3. The number of phosphoric acid groups is 1. The molecule has 2 N–H and O–H groups in total. The van der Waals surface area contributed by atoms with E-state index in [1.54, 1.807) is 0 Å². The second-order valence-electron chi connectivity index (χ2n) is 17.3. The minimum atomic E-state index is -4.76. The molecular weight excluding hydrogens is 880 g/mol. The number of aliphatic hydroxyl groups excluding tert-OH is 1. The van der Waals surface area contributed by atoms with Crippen molar-refractivity contribution in [3.63, 3.8) is 0 Å².